The fourth-order valence-electron chi connectivity index (χ4n) is 0. The molecular weight excluding hydrogens is 337 g/mol. The van der Waals surface area contributed by atoms with E-state index in [1.807, 2.05) is 0 Å². The molecule has 0 amide bonds. The number of nitrogens with zero attached hydrogens (tertiary/aromatic N) is 1. The van der Waals surface area contributed by atoms with Crippen LogP contribution in [-0.2, 0) is 0 Å². The molecule has 0 fully saturated rings. The molecule has 0 bridgehead atoms. The third-order valence-electron chi connectivity index (χ3n) is 0. The standard InChI is InChI=1S/4BH3O3.Ca.HNO3.2H/c4*2-1(3)4;;2-1(3)4;;/h4*2-4H;;(H,2,3,4);;/q;;;;+2;;2*-1. The molecule has 0 saturated carbocycles. The van der Waals surface area contributed by atoms with Gasteiger partial charge in [-0.2, -0.15) is 0 Å². The SMILES string of the molecule is O=[N+]([O-])O.OB(O)O.OB(O)O.OB(O)O.OB(O)O.[Ca+2].[H-].[H-]. The summed E-state index contributed by atoms with van der Waals surface area (Å²) in [4.78, 5) is 8.36. The van der Waals surface area contributed by atoms with Gasteiger partial charge in [-0.15, -0.1) is 10.1 Å². The number of hydrogen-bond acceptors (Lipinski definition) is 14. The molecule has 0 unspecified atom stereocenters. The molecule has 0 aromatic carbocycles. The maximum Gasteiger partial charge on any atom is 2.00 e. The third-order valence-corrected chi connectivity index (χ3v) is 0. The smallest absolute Gasteiger partial charge is 1.00 e. The van der Waals surface area contributed by atoms with Gasteiger partial charge in [0.1, 0.15) is 0 Å². The molecule has 0 spiro atoms. The Labute approximate surface area is 150 Å². The van der Waals surface area contributed by atoms with Crippen LogP contribution < -0.4 is 0 Å². The van der Waals surface area contributed by atoms with Crippen molar-refractivity contribution in [3.8, 4) is 0 Å². The molecule has 16 nitrogen and oxygen atoms in total. The summed E-state index contributed by atoms with van der Waals surface area (Å²) < 4.78 is 0. The van der Waals surface area contributed by atoms with Crippen molar-refractivity contribution >= 4 is 67.0 Å². The van der Waals surface area contributed by atoms with Gasteiger partial charge in [0, 0.05) is 0 Å². The van der Waals surface area contributed by atoms with Crippen LogP contribution in [0.5, 0.6) is 0 Å². The summed E-state index contributed by atoms with van der Waals surface area (Å²) >= 11 is 0. The van der Waals surface area contributed by atoms with Crippen LogP contribution in [0, 0.1) is 10.1 Å². The molecule has 21 heteroatoms. The average molecular weight is 352 g/mol. The Hall–Kier alpha value is 0.239. The van der Waals surface area contributed by atoms with Crippen molar-refractivity contribution in [1.82, 2.24) is 0 Å². The molecule has 0 heterocycles. The van der Waals surface area contributed by atoms with Gasteiger partial charge in [-0.3, -0.25) is 0 Å². The molecule has 0 rings (SSSR count). The van der Waals surface area contributed by atoms with Crippen LogP contribution in [0.15, 0.2) is 0 Å². The minimum absolute atomic E-state index is 0. The molecular formula is H15B4CaNO15. The zero-order valence-corrected chi connectivity index (χ0v) is 12.3. The Kier molecular flexibility index (Phi) is 57.5. The fraction of sp³-hybridized carbons (Fsp3) is 0. The van der Waals surface area contributed by atoms with Crippen molar-refractivity contribution < 1.29 is 73.4 Å². The molecule has 0 radical (unpaired) electrons. The van der Waals surface area contributed by atoms with Gasteiger partial charge in [-0.1, -0.05) is 0 Å². The van der Waals surface area contributed by atoms with Gasteiger partial charge in [0.2, 0.25) is 0 Å². The van der Waals surface area contributed by atoms with Gasteiger partial charge >= 0.3 is 67.0 Å². The largest absolute Gasteiger partial charge is 2.00 e. The quantitative estimate of drug-likeness (QED) is 0.109. The van der Waals surface area contributed by atoms with Crippen molar-refractivity contribution in [1.29, 1.82) is 0 Å². The normalized spacial score (nSPS) is 6.29. The Morgan fingerprint density at radius 3 is 0.619 bits per heavy atom. The van der Waals surface area contributed by atoms with Crippen LogP contribution in [-0.4, -0.2) is 138 Å². The monoisotopic (exact) mass is 353 g/mol. The second-order valence-electron chi connectivity index (χ2n) is 1.62. The van der Waals surface area contributed by atoms with Crippen LogP contribution in [0.2, 0.25) is 0 Å². The van der Waals surface area contributed by atoms with Gasteiger partial charge in [-0.25, -0.2) is 0 Å². The molecule has 0 aromatic heterocycles. The summed E-state index contributed by atoms with van der Waals surface area (Å²) in [5, 5.41) is 99.6. The summed E-state index contributed by atoms with van der Waals surface area (Å²) in [5.41, 5.74) is 0. The van der Waals surface area contributed by atoms with Crippen molar-refractivity contribution in [3.63, 3.8) is 0 Å². The molecule has 0 aliphatic carbocycles. The molecule has 21 heavy (non-hydrogen) atoms. The third kappa shape index (κ3) is 117000. The topological polar surface area (TPSA) is 306 Å². The van der Waals surface area contributed by atoms with Crippen molar-refractivity contribution in [3.05, 3.63) is 10.1 Å². The zero-order chi connectivity index (χ0) is 17.9. The molecule has 0 saturated heterocycles. The van der Waals surface area contributed by atoms with E-state index in [9.17, 15) is 0 Å². The maximum absolute atomic E-state index is 8.36. The van der Waals surface area contributed by atoms with E-state index in [1.165, 1.54) is 0 Å². The number of rotatable bonds is 0. The second-order valence-corrected chi connectivity index (χ2v) is 1.62. The van der Waals surface area contributed by atoms with E-state index >= 15 is 0 Å². The van der Waals surface area contributed by atoms with E-state index in [1.54, 1.807) is 0 Å². The predicted octanol–water partition coefficient (Wildman–Crippen LogP) is -8.71. The van der Waals surface area contributed by atoms with Crippen LogP contribution in [0.1, 0.15) is 2.85 Å². The maximum atomic E-state index is 8.36. The fourth-order valence-corrected chi connectivity index (χ4v) is 0. The molecule has 124 valence electrons. The molecule has 0 aromatic rings. The van der Waals surface area contributed by atoms with E-state index in [4.69, 9.17) is 75.6 Å². The van der Waals surface area contributed by atoms with E-state index < -0.39 is 34.4 Å². The molecule has 0 aliphatic rings. The van der Waals surface area contributed by atoms with Gasteiger partial charge in [0.25, 0.3) is 5.09 Å². The summed E-state index contributed by atoms with van der Waals surface area (Å²) in [7, 11) is -8.67. The van der Waals surface area contributed by atoms with E-state index in [-0.39, 0.29) is 40.6 Å². The summed E-state index contributed by atoms with van der Waals surface area (Å²) in [6.07, 6.45) is 0. The Bertz CT molecular complexity index is 135. The minimum atomic E-state index is -2.17. The number of hydrogen-bond donors (Lipinski definition) is 13. The van der Waals surface area contributed by atoms with Gasteiger partial charge in [0.15, 0.2) is 0 Å². The minimum Gasteiger partial charge on any atom is -1.00 e. The van der Waals surface area contributed by atoms with Gasteiger partial charge in [-0.05, 0) is 0 Å². The van der Waals surface area contributed by atoms with Gasteiger partial charge in [0.05, 0.1) is 0 Å². The van der Waals surface area contributed by atoms with Crippen molar-refractivity contribution in [2.45, 2.75) is 0 Å². The first-order valence-electron chi connectivity index (χ1n) is 3.66. The predicted molar refractivity (Wildman–Crippen MR) is 66.4 cm³/mol. The van der Waals surface area contributed by atoms with Gasteiger partial charge < -0.3 is 68.3 Å². The Morgan fingerprint density at radius 1 is 0.619 bits per heavy atom. The van der Waals surface area contributed by atoms with Crippen LogP contribution in [0.25, 0.3) is 0 Å². The van der Waals surface area contributed by atoms with Crippen molar-refractivity contribution in [2.24, 2.45) is 0 Å². The summed E-state index contributed by atoms with van der Waals surface area (Å²) in [6.45, 7) is 0. The molecule has 13 N–H and O–H groups in total. The van der Waals surface area contributed by atoms with E-state index in [0.717, 1.165) is 0 Å². The van der Waals surface area contributed by atoms with Crippen molar-refractivity contribution in [2.75, 3.05) is 0 Å². The van der Waals surface area contributed by atoms with E-state index in [0.29, 0.717) is 0 Å². The first-order valence-corrected chi connectivity index (χ1v) is 3.66. The first-order chi connectivity index (χ1) is 8.66. The second kappa shape index (κ2) is 32.3. The molecule has 0 atom stereocenters. The Morgan fingerprint density at radius 2 is 0.619 bits per heavy atom. The zero-order valence-electron chi connectivity index (χ0n) is 12.1. The summed E-state index contributed by atoms with van der Waals surface area (Å²) in [5.74, 6) is 0. The van der Waals surface area contributed by atoms with Crippen LogP contribution in [0.4, 0.5) is 0 Å². The first kappa shape index (κ1) is 37.5. The average Bonchev–Trinajstić information content (AvgIpc) is 1.94. The van der Waals surface area contributed by atoms with E-state index in [2.05, 4.69) is 0 Å². The Balaban J connectivity index is -0.0000000197. The summed E-state index contributed by atoms with van der Waals surface area (Å²) in [6, 6.07) is 0. The van der Waals surface area contributed by atoms with Crippen LogP contribution in [0.3, 0.4) is 0 Å². The molecule has 0 aliphatic heterocycles. The van der Waals surface area contributed by atoms with Crippen LogP contribution >= 0.6 is 0 Å².